The number of methoxy groups -OCH3 is 1. The van der Waals surface area contributed by atoms with E-state index >= 15 is 0 Å². The molecule has 6 heteroatoms. The Bertz CT molecular complexity index is 731. The third-order valence-electron chi connectivity index (χ3n) is 4.31. The van der Waals surface area contributed by atoms with E-state index in [0.29, 0.717) is 9.75 Å². The third-order valence-corrected chi connectivity index (χ3v) is 5.38. The maximum absolute atomic E-state index is 12.3. The van der Waals surface area contributed by atoms with Crippen molar-refractivity contribution in [2.75, 3.05) is 30.4 Å². The number of nitrogens with zero attached hydrogens (tertiary/aromatic N) is 1. The molecule has 0 atom stereocenters. The Kier molecular flexibility index (Phi) is 5.71. The highest BCUT2D eigenvalue weighted by atomic mass is 32.1. The molecule has 1 aliphatic heterocycles. The fourth-order valence-corrected chi connectivity index (χ4v) is 3.77. The predicted octanol–water partition coefficient (Wildman–Crippen LogP) is 4.17. The summed E-state index contributed by atoms with van der Waals surface area (Å²) in [5, 5.41) is 2.87. The summed E-state index contributed by atoms with van der Waals surface area (Å²) in [6.45, 7) is 2.19. The van der Waals surface area contributed by atoms with Gasteiger partial charge in [-0.15, -0.1) is 11.3 Å². The van der Waals surface area contributed by atoms with E-state index in [1.807, 2.05) is 12.1 Å². The molecule has 2 aromatic rings. The molecule has 132 valence electrons. The molecule has 0 saturated carbocycles. The van der Waals surface area contributed by atoms with Crippen LogP contribution in [0, 0.1) is 0 Å². The van der Waals surface area contributed by atoms with Gasteiger partial charge in [0, 0.05) is 24.5 Å². The minimum Gasteiger partial charge on any atom is -0.465 e. The smallest absolute Gasteiger partial charge is 0.348 e. The molecule has 0 spiro atoms. The first kappa shape index (κ1) is 17.5. The van der Waals surface area contributed by atoms with Gasteiger partial charge in [-0.3, -0.25) is 4.79 Å². The summed E-state index contributed by atoms with van der Waals surface area (Å²) in [6.07, 6.45) is 5.08. The zero-order chi connectivity index (χ0) is 17.6. The largest absolute Gasteiger partial charge is 0.465 e. The summed E-state index contributed by atoms with van der Waals surface area (Å²) in [5.74, 6) is -0.645. The average molecular weight is 358 g/mol. The van der Waals surface area contributed by atoms with Crippen molar-refractivity contribution in [2.24, 2.45) is 0 Å². The zero-order valence-electron chi connectivity index (χ0n) is 14.3. The monoisotopic (exact) mass is 358 g/mol. The first-order chi connectivity index (χ1) is 12.2. The van der Waals surface area contributed by atoms with E-state index in [-0.39, 0.29) is 5.91 Å². The Morgan fingerprint density at radius 1 is 0.960 bits per heavy atom. The van der Waals surface area contributed by atoms with Crippen molar-refractivity contribution in [1.82, 2.24) is 0 Å². The summed E-state index contributed by atoms with van der Waals surface area (Å²) in [4.78, 5) is 27.1. The van der Waals surface area contributed by atoms with Gasteiger partial charge in [-0.1, -0.05) is 12.8 Å². The van der Waals surface area contributed by atoms with Crippen LogP contribution in [0.15, 0.2) is 36.4 Å². The SMILES string of the molecule is COC(=O)c1ccc(C(=O)Nc2ccc(N3CCCCCC3)cc2)s1. The number of thiophene rings is 1. The Balaban J connectivity index is 1.63. The van der Waals surface area contributed by atoms with Crippen LogP contribution in [0.3, 0.4) is 0 Å². The average Bonchev–Trinajstić information content (AvgIpc) is 2.98. The summed E-state index contributed by atoms with van der Waals surface area (Å²) in [6, 6.07) is 11.2. The molecular formula is C19H22N2O3S. The molecular weight excluding hydrogens is 336 g/mol. The number of benzene rings is 1. The van der Waals surface area contributed by atoms with E-state index in [9.17, 15) is 9.59 Å². The zero-order valence-corrected chi connectivity index (χ0v) is 15.1. The van der Waals surface area contributed by atoms with Crippen molar-refractivity contribution in [1.29, 1.82) is 0 Å². The van der Waals surface area contributed by atoms with Crippen LogP contribution in [0.1, 0.15) is 45.0 Å². The molecule has 0 radical (unpaired) electrons. The lowest BCUT2D eigenvalue weighted by molar-refractivity contribution is 0.0606. The molecule has 5 nitrogen and oxygen atoms in total. The molecule has 2 heterocycles. The van der Waals surface area contributed by atoms with Crippen LogP contribution in [0.25, 0.3) is 0 Å². The first-order valence-electron chi connectivity index (χ1n) is 8.52. The number of hydrogen-bond donors (Lipinski definition) is 1. The highest BCUT2D eigenvalue weighted by molar-refractivity contribution is 7.16. The van der Waals surface area contributed by atoms with Crippen molar-refractivity contribution < 1.29 is 14.3 Å². The molecule has 1 fully saturated rings. The third kappa shape index (κ3) is 4.39. The topological polar surface area (TPSA) is 58.6 Å². The maximum Gasteiger partial charge on any atom is 0.348 e. The molecule has 0 aliphatic carbocycles. The number of ether oxygens (including phenoxy) is 1. The van der Waals surface area contributed by atoms with Crippen LogP contribution < -0.4 is 10.2 Å². The number of esters is 1. The van der Waals surface area contributed by atoms with Crippen LogP contribution in [-0.2, 0) is 4.74 Å². The molecule has 25 heavy (non-hydrogen) atoms. The van der Waals surface area contributed by atoms with Crippen molar-refractivity contribution >= 4 is 34.6 Å². The van der Waals surface area contributed by atoms with Gasteiger partial charge in [0.2, 0.25) is 0 Å². The van der Waals surface area contributed by atoms with E-state index < -0.39 is 5.97 Å². The van der Waals surface area contributed by atoms with E-state index in [0.717, 1.165) is 30.1 Å². The van der Waals surface area contributed by atoms with Gasteiger partial charge in [-0.2, -0.15) is 0 Å². The second-order valence-corrected chi connectivity index (χ2v) is 7.14. The van der Waals surface area contributed by atoms with Gasteiger partial charge in [-0.25, -0.2) is 4.79 Å². The van der Waals surface area contributed by atoms with Crippen molar-refractivity contribution in [3.05, 3.63) is 46.2 Å². The molecule has 1 aromatic carbocycles. The van der Waals surface area contributed by atoms with Gasteiger partial charge in [0.1, 0.15) is 4.88 Å². The summed E-state index contributed by atoms with van der Waals surface area (Å²) in [5.41, 5.74) is 1.94. The number of nitrogens with one attached hydrogen (secondary N) is 1. The summed E-state index contributed by atoms with van der Waals surface area (Å²) in [7, 11) is 1.33. The number of amides is 1. The second-order valence-electron chi connectivity index (χ2n) is 6.06. The van der Waals surface area contributed by atoms with Crippen LogP contribution in [0.5, 0.6) is 0 Å². The first-order valence-corrected chi connectivity index (χ1v) is 9.33. The lowest BCUT2D eigenvalue weighted by Gasteiger charge is -2.22. The van der Waals surface area contributed by atoms with E-state index in [2.05, 4.69) is 27.1 Å². The van der Waals surface area contributed by atoms with E-state index in [1.165, 1.54) is 38.5 Å². The number of carbonyl (C=O) groups is 2. The van der Waals surface area contributed by atoms with E-state index in [1.54, 1.807) is 12.1 Å². The van der Waals surface area contributed by atoms with Crippen LogP contribution >= 0.6 is 11.3 Å². The molecule has 1 amide bonds. The second kappa shape index (κ2) is 8.16. The Morgan fingerprint density at radius 2 is 1.60 bits per heavy atom. The Morgan fingerprint density at radius 3 is 2.24 bits per heavy atom. The van der Waals surface area contributed by atoms with Gasteiger partial charge in [0.15, 0.2) is 0 Å². The van der Waals surface area contributed by atoms with Gasteiger partial charge in [0.25, 0.3) is 5.91 Å². The molecule has 3 rings (SSSR count). The van der Waals surface area contributed by atoms with Crippen LogP contribution in [-0.4, -0.2) is 32.1 Å². The maximum atomic E-state index is 12.3. The lowest BCUT2D eigenvalue weighted by atomic mass is 10.2. The number of hydrogen-bond acceptors (Lipinski definition) is 5. The summed E-state index contributed by atoms with van der Waals surface area (Å²) >= 11 is 1.13. The molecule has 1 N–H and O–H groups in total. The lowest BCUT2D eigenvalue weighted by Crippen LogP contribution is -2.23. The normalized spacial score (nSPS) is 14.7. The fourth-order valence-electron chi connectivity index (χ4n) is 2.95. The minimum absolute atomic E-state index is 0.220. The molecule has 1 saturated heterocycles. The predicted molar refractivity (Wildman–Crippen MR) is 101 cm³/mol. The Labute approximate surface area is 151 Å². The number of rotatable bonds is 4. The summed E-state index contributed by atoms with van der Waals surface area (Å²) < 4.78 is 4.66. The van der Waals surface area contributed by atoms with Crippen LogP contribution in [0.2, 0.25) is 0 Å². The number of anilines is 2. The van der Waals surface area contributed by atoms with Gasteiger partial charge >= 0.3 is 5.97 Å². The van der Waals surface area contributed by atoms with Gasteiger partial charge in [0.05, 0.1) is 12.0 Å². The van der Waals surface area contributed by atoms with Crippen molar-refractivity contribution in [2.45, 2.75) is 25.7 Å². The van der Waals surface area contributed by atoms with Gasteiger partial charge < -0.3 is 15.0 Å². The number of carbonyl (C=O) groups excluding carboxylic acids is 2. The fraction of sp³-hybridized carbons (Fsp3) is 0.368. The Hall–Kier alpha value is -2.34. The standard InChI is InChI=1S/C19H22N2O3S/c1-24-19(23)17-11-10-16(25-17)18(22)20-14-6-8-15(9-7-14)21-12-4-2-3-5-13-21/h6-11H,2-5,12-13H2,1H3,(H,20,22). The highest BCUT2D eigenvalue weighted by Crippen LogP contribution is 2.23. The molecule has 1 aromatic heterocycles. The van der Waals surface area contributed by atoms with E-state index in [4.69, 9.17) is 0 Å². The molecule has 0 unspecified atom stereocenters. The van der Waals surface area contributed by atoms with Crippen LogP contribution in [0.4, 0.5) is 11.4 Å². The molecule has 0 bridgehead atoms. The molecule has 1 aliphatic rings. The van der Waals surface area contributed by atoms with Crippen molar-refractivity contribution in [3.63, 3.8) is 0 Å². The quantitative estimate of drug-likeness (QED) is 0.834. The minimum atomic E-state index is -0.425. The highest BCUT2D eigenvalue weighted by Gasteiger charge is 2.15. The van der Waals surface area contributed by atoms with Gasteiger partial charge in [-0.05, 0) is 49.2 Å². The van der Waals surface area contributed by atoms with Crippen molar-refractivity contribution in [3.8, 4) is 0 Å².